The maximum Gasteiger partial charge on any atom is 0.305 e. The predicted molar refractivity (Wildman–Crippen MR) is 310 cm³/mol. The highest BCUT2D eigenvalue weighted by Crippen LogP contribution is 2.18. The number of ether oxygens (including phenoxy) is 1. The average Bonchev–Trinajstić information content (AvgIpc) is 3.37. The van der Waals surface area contributed by atoms with E-state index in [-0.39, 0.29) is 18.5 Å². The highest BCUT2D eigenvalue weighted by molar-refractivity contribution is 5.76. The Labute approximate surface area is 443 Å². The fourth-order valence-electron chi connectivity index (χ4n) is 10.1. The number of esters is 1. The number of aliphatic hydroxyl groups excluding tert-OH is 2. The van der Waals surface area contributed by atoms with E-state index in [1.165, 1.54) is 276 Å². The standard InChI is InChI=1S/C65H125NO5/c1-3-5-7-9-11-13-14-15-36-39-43-47-51-55-59-65(70)71-60-56-52-48-44-40-37-34-32-30-28-26-24-22-20-18-16-17-19-21-23-25-27-29-31-33-35-38-42-46-50-54-58-64(69)66-62(61-67)63(68)57-53-49-45-41-12-10-8-6-4-2/h18,20,24,26,62-63,67-68H,3-17,19,21-23,25,27-61H2,1-2H3,(H,66,69)/b20-18-,26-24-. The van der Waals surface area contributed by atoms with Crippen LogP contribution >= 0.6 is 0 Å². The lowest BCUT2D eigenvalue weighted by atomic mass is 10.0. The molecule has 0 aromatic rings. The van der Waals surface area contributed by atoms with Gasteiger partial charge in [0.05, 0.1) is 25.4 Å². The van der Waals surface area contributed by atoms with Crippen molar-refractivity contribution < 1.29 is 24.5 Å². The molecular formula is C65H125NO5. The molecule has 3 N–H and O–H groups in total. The van der Waals surface area contributed by atoms with E-state index in [0.29, 0.717) is 25.9 Å². The van der Waals surface area contributed by atoms with Crippen molar-refractivity contribution in [3.8, 4) is 0 Å². The molecule has 71 heavy (non-hydrogen) atoms. The van der Waals surface area contributed by atoms with Crippen LogP contribution in [0, 0.1) is 0 Å². The Balaban J connectivity index is 3.35. The van der Waals surface area contributed by atoms with Gasteiger partial charge in [-0.1, -0.05) is 308 Å². The summed E-state index contributed by atoms with van der Waals surface area (Å²) in [6.07, 6.45) is 75.0. The number of hydrogen-bond acceptors (Lipinski definition) is 5. The third-order valence-electron chi connectivity index (χ3n) is 15.0. The molecular weight excluding hydrogens is 875 g/mol. The van der Waals surface area contributed by atoms with Gasteiger partial charge in [0.1, 0.15) is 0 Å². The molecule has 0 saturated heterocycles. The van der Waals surface area contributed by atoms with E-state index < -0.39 is 12.1 Å². The first-order valence-corrected chi connectivity index (χ1v) is 32.1. The molecule has 0 spiro atoms. The van der Waals surface area contributed by atoms with E-state index >= 15 is 0 Å². The maximum atomic E-state index is 12.4. The monoisotopic (exact) mass is 1000 g/mol. The van der Waals surface area contributed by atoms with Crippen LogP contribution in [0.5, 0.6) is 0 Å². The van der Waals surface area contributed by atoms with Crippen LogP contribution in [0.3, 0.4) is 0 Å². The Morgan fingerprint density at radius 1 is 0.394 bits per heavy atom. The molecule has 0 aromatic heterocycles. The van der Waals surface area contributed by atoms with Crippen LogP contribution in [0.25, 0.3) is 0 Å². The first-order valence-electron chi connectivity index (χ1n) is 32.1. The highest BCUT2D eigenvalue weighted by Gasteiger charge is 2.20. The van der Waals surface area contributed by atoms with E-state index in [0.717, 1.165) is 44.9 Å². The molecule has 0 saturated carbocycles. The summed E-state index contributed by atoms with van der Waals surface area (Å²) in [5, 5.41) is 23.1. The van der Waals surface area contributed by atoms with Gasteiger partial charge in [0.15, 0.2) is 0 Å². The maximum absolute atomic E-state index is 12.4. The van der Waals surface area contributed by atoms with Gasteiger partial charge in [-0.15, -0.1) is 0 Å². The summed E-state index contributed by atoms with van der Waals surface area (Å²) in [7, 11) is 0. The molecule has 0 bridgehead atoms. The molecule has 0 radical (unpaired) electrons. The van der Waals surface area contributed by atoms with Crippen LogP contribution in [0.2, 0.25) is 0 Å². The van der Waals surface area contributed by atoms with Crippen molar-refractivity contribution in [3.05, 3.63) is 24.3 Å². The Bertz CT molecular complexity index is 1110. The minimum Gasteiger partial charge on any atom is -0.466 e. The predicted octanol–water partition coefficient (Wildman–Crippen LogP) is 20.2. The van der Waals surface area contributed by atoms with Crippen molar-refractivity contribution in [2.24, 2.45) is 0 Å². The fraction of sp³-hybridized carbons (Fsp3) is 0.908. The molecule has 6 nitrogen and oxygen atoms in total. The van der Waals surface area contributed by atoms with Crippen molar-refractivity contribution >= 4 is 11.9 Å². The summed E-state index contributed by atoms with van der Waals surface area (Å²) in [6.45, 7) is 4.95. The second-order valence-corrected chi connectivity index (χ2v) is 22.1. The third kappa shape index (κ3) is 57.5. The first kappa shape index (κ1) is 69.3. The average molecular weight is 1000 g/mol. The van der Waals surface area contributed by atoms with Crippen molar-refractivity contribution in [1.82, 2.24) is 5.32 Å². The summed E-state index contributed by atoms with van der Waals surface area (Å²) in [5.74, 6) is -0.0199. The number of allylic oxidation sites excluding steroid dienone is 4. The minimum atomic E-state index is -0.661. The fourth-order valence-corrected chi connectivity index (χ4v) is 10.1. The quantitative estimate of drug-likeness (QED) is 0.0320. The lowest BCUT2D eigenvalue weighted by Gasteiger charge is -2.22. The summed E-state index contributed by atoms with van der Waals surface area (Å²) in [5.41, 5.74) is 0. The molecule has 420 valence electrons. The van der Waals surface area contributed by atoms with Crippen molar-refractivity contribution in [1.29, 1.82) is 0 Å². The highest BCUT2D eigenvalue weighted by atomic mass is 16.5. The summed E-state index contributed by atoms with van der Waals surface area (Å²) in [6, 6.07) is -0.538. The van der Waals surface area contributed by atoms with Gasteiger partial charge in [-0.25, -0.2) is 0 Å². The van der Waals surface area contributed by atoms with Crippen LogP contribution in [0.15, 0.2) is 24.3 Å². The largest absolute Gasteiger partial charge is 0.466 e. The van der Waals surface area contributed by atoms with Gasteiger partial charge in [-0.05, 0) is 57.8 Å². The molecule has 0 aliphatic heterocycles. The number of aliphatic hydroxyl groups is 2. The first-order chi connectivity index (χ1) is 35.0. The van der Waals surface area contributed by atoms with Gasteiger partial charge in [-0.3, -0.25) is 9.59 Å². The number of unbranched alkanes of at least 4 members (excludes halogenated alkanes) is 45. The summed E-state index contributed by atoms with van der Waals surface area (Å²) in [4.78, 5) is 24.5. The van der Waals surface area contributed by atoms with Crippen LogP contribution < -0.4 is 5.32 Å². The number of amides is 1. The van der Waals surface area contributed by atoms with E-state index in [1.54, 1.807) is 0 Å². The topological polar surface area (TPSA) is 95.9 Å². The Morgan fingerprint density at radius 2 is 0.704 bits per heavy atom. The molecule has 0 rings (SSSR count). The van der Waals surface area contributed by atoms with E-state index in [9.17, 15) is 19.8 Å². The lowest BCUT2D eigenvalue weighted by Crippen LogP contribution is -2.45. The zero-order valence-electron chi connectivity index (χ0n) is 48.0. The number of rotatable bonds is 60. The van der Waals surface area contributed by atoms with Crippen LogP contribution in [0.1, 0.15) is 354 Å². The molecule has 2 unspecified atom stereocenters. The molecule has 2 atom stereocenters. The number of hydrogen-bond donors (Lipinski definition) is 3. The van der Waals surface area contributed by atoms with Crippen molar-refractivity contribution in [2.45, 2.75) is 366 Å². The second-order valence-electron chi connectivity index (χ2n) is 22.1. The minimum absolute atomic E-state index is 0.0157. The van der Waals surface area contributed by atoms with Gasteiger partial charge in [-0.2, -0.15) is 0 Å². The number of nitrogens with one attached hydrogen (secondary N) is 1. The summed E-state index contributed by atoms with van der Waals surface area (Å²) >= 11 is 0. The van der Waals surface area contributed by atoms with E-state index in [1.807, 2.05) is 0 Å². The normalized spacial score (nSPS) is 12.7. The molecule has 0 aliphatic rings. The van der Waals surface area contributed by atoms with E-state index in [4.69, 9.17) is 4.74 Å². The van der Waals surface area contributed by atoms with Crippen LogP contribution in [-0.2, 0) is 14.3 Å². The Morgan fingerprint density at radius 3 is 1.07 bits per heavy atom. The Hall–Kier alpha value is -1.66. The van der Waals surface area contributed by atoms with Gasteiger partial charge >= 0.3 is 5.97 Å². The Kier molecular flexibility index (Phi) is 59.5. The lowest BCUT2D eigenvalue weighted by molar-refractivity contribution is -0.143. The molecule has 1 amide bonds. The van der Waals surface area contributed by atoms with Crippen molar-refractivity contribution in [3.63, 3.8) is 0 Å². The SMILES string of the molecule is CCCCCCCCCCCCCCCCC(=O)OCCCCCCCCCCC/C=C\C/C=C\CCCCCCCCCCCCCCCCCC(=O)NC(CO)C(O)CCCCCCCCCCC. The molecule has 0 heterocycles. The number of carbonyl (C=O) groups is 2. The van der Waals surface area contributed by atoms with Gasteiger partial charge < -0.3 is 20.3 Å². The van der Waals surface area contributed by atoms with Crippen LogP contribution in [0.4, 0.5) is 0 Å². The van der Waals surface area contributed by atoms with Gasteiger partial charge in [0.25, 0.3) is 0 Å². The van der Waals surface area contributed by atoms with Gasteiger partial charge in [0.2, 0.25) is 5.91 Å². The molecule has 0 aromatic carbocycles. The van der Waals surface area contributed by atoms with E-state index in [2.05, 4.69) is 43.5 Å². The third-order valence-corrected chi connectivity index (χ3v) is 15.0. The zero-order valence-corrected chi connectivity index (χ0v) is 48.0. The molecule has 0 aliphatic carbocycles. The molecule has 6 heteroatoms. The van der Waals surface area contributed by atoms with Crippen LogP contribution in [-0.4, -0.2) is 47.4 Å². The smallest absolute Gasteiger partial charge is 0.305 e. The van der Waals surface area contributed by atoms with Crippen molar-refractivity contribution in [2.75, 3.05) is 13.2 Å². The summed E-state index contributed by atoms with van der Waals surface area (Å²) < 4.78 is 5.48. The zero-order chi connectivity index (χ0) is 51.4. The van der Waals surface area contributed by atoms with Gasteiger partial charge in [0, 0.05) is 12.8 Å². The second kappa shape index (κ2) is 60.9. The molecule has 0 fully saturated rings. The number of carbonyl (C=O) groups excluding carboxylic acids is 2.